The summed E-state index contributed by atoms with van der Waals surface area (Å²) in [6.45, 7) is 7.97. The van der Waals surface area contributed by atoms with Crippen LogP contribution in [0.5, 0.6) is 5.75 Å². The van der Waals surface area contributed by atoms with Crippen LogP contribution in [-0.4, -0.2) is 102 Å². The Bertz CT molecular complexity index is 1960. The molecule has 9 rings (SSSR count). The minimum Gasteiger partial charge on any atom is -0.508 e. The molecule has 3 saturated heterocycles. The zero-order valence-corrected chi connectivity index (χ0v) is 31.0. The number of hydrogen-bond acceptors (Lipinski definition) is 7. The maximum Gasteiger partial charge on any atom is 0.254 e. The second kappa shape index (κ2) is 14.8. The van der Waals surface area contributed by atoms with Crippen LogP contribution in [0.25, 0.3) is 0 Å². The van der Waals surface area contributed by atoms with Crippen molar-refractivity contribution in [3.8, 4) is 5.75 Å². The summed E-state index contributed by atoms with van der Waals surface area (Å²) >= 11 is 0. The van der Waals surface area contributed by atoms with Gasteiger partial charge in [0, 0.05) is 82.0 Å². The monoisotopic (exact) mass is 725 g/mol. The van der Waals surface area contributed by atoms with Crippen LogP contribution in [0.4, 0.5) is 5.69 Å². The van der Waals surface area contributed by atoms with Gasteiger partial charge in [-0.15, -0.1) is 0 Å². The molecule has 9 nitrogen and oxygen atoms in total. The predicted octanol–water partition coefficient (Wildman–Crippen LogP) is 5.36. The molecule has 0 spiro atoms. The van der Waals surface area contributed by atoms with E-state index >= 15 is 0 Å². The molecule has 280 valence electrons. The van der Waals surface area contributed by atoms with Crippen LogP contribution in [0.1, 0.15) is 72.6 Å². The smallest absolute Gasteiger partial charge is 0.254 e. The number of nitrogens with one attached hydrogen (secondary N) is 1. The van der Waals surface area contributed by atoms with E-state index in [1.165, 1.54) is 40.8 Å². The van der Waals surface area contributed by atoms with Crippen molar-refractivity contribution in [3.63, 3.8) is 0 Å². The number of piperidine rings is 2. The lowest BCUT2D eigenvalue weighted by Gasteiger charge is -2.41. The molecule has 0 aromatic heterocycles. The SMILES string of the molecule is O=C1CC[C@H](N2CC3=C(C=CC(N4CCN(CC5CCN(c6ccc([C@@H]7c8ccc(O)cc8CC[C@@H]7c7ccccc7)cc6)CC5)CC4)C3)C2=O)C(=O)N1. The van der Waals surface area contributed by atoms with Crippen LogP contribution in [-0.2, 0) is 20.8 Å². The van der Waals surface area contributed by atoms with Gasteiger partial charge in [0.05, 0.1) is 0 Å². The van der Waals surface area contributed by atoms with E-state index in [1.807, 2.05) is 18.2 Å². The Morgan fingerprint density at radius 1 is 0.778 bits per heavy atom. The molecule has 54 heavy (non-hydrogen) atoms. The Morgan fingerprint density at radius 3 is 2.31 bits per heavy atom. The highest BCUT2D eigenvalue weighted by molar-refractivity contribution is 6.06. The summed E-state index contributed by atoms with van der Waals surface area (Å²) in [7, 11) is 0. The molecule has 3 aromatic rings. The number of phenolic OH excluding ortho intramolecular Hbond substituents is 1. The molecule has 2 aliphatic carbocycles. The van der Waals surface area contributed by atoms with E-state index in [-0.39, 0.29) is 36.1 Å². The fourth-order valence-corrected chi connectivity index (χ4v) is 10.2. The Kier molecular flexibility index (Phi) is 9.61. The molecule has 3 aromatic carbocycles. The number of imide groups is 1. The molecule has 0 bridgehead atoms. The molecule has 9 heteroatoms. The van der Waals surface area contributed by atoms with Crippen molar-refractivity contribution in [1.29, 1.82) is 0 Å². The Morgan fingerprint density at radius 2 is 1.56 bits per heavy atom. The number of amides is 3. The number of aromatic hydroxyl groups is 1. The number of aryl methyl sites for hydroxylation is 1. The van der Waals surface area contributed by atoms with E-state index in [4.69, 9.17) is 0 Å². The summed E-state index contributed by atoms with van der Waals surface area (Å²) < 4.78 is 0. The maximum absolute atomic E-state index is 13.2. The summed E-state index contributed by atoms with van der Waals surface area (Å²) in [5.41, 5.74) is 8.52. The number of carbonyl (C=O) groups is 3. The van der Waals surface area contributed by atoms with Gasteiger partial charge < -0.3 is 19.8 Å². The molecule has 4 atom stereocenters. The van der Waals surface area contributed by atoms with Crippen molar-refractivity contribution in [2.75, 3.05) is 57.3 Å². The highest BCUT2D eigenvalue weighted by Gasteiger charge is 2.41. The van der Waals surface area contributed by atoms with Crippen LogP contribution in [0, 0.1) is 5.92 Å². The minimum atomic E-state index is -0.556. The molecule has 0 radical (unpaired) electrons. The molecule has 4 aliphatic heterocycles. The molecule has 2 N–H and O–H groups in total. The number of hydrogen-bond donors (Lipinski definition) is 2. The number of rotatable bonds is 7. The van der Waals surface area contributed by atoms with Crippen molar-refractivity contribution >= 4 is 23.4 Å². The number of benzene rings is 3. The van der Waals surface area contributed by atoms with Crippen molar-refractivity contribution in [2.45, 2.75) is 68.9 Å². The number of piperazine rings is 1. The van der Waals surface area contributed by atoms with Gasteiger partial charge in [-0.3, -0.25) is 24.6 Å². The maximum atomic E-state index is 13.2. The molecule has 0 saturated carbocycles. The second-order valence-corrected chi connectivity index (χ2v) is 16.3. The van der Waals surface area contributed by atoms with Crippen LogP contribution >= 0.6 is 0 Å². The lowest BCUT2D eigenvalue weighted by molar-refractivity contribution is -0.142. The third-order valence-corrected chi connectivity index (χ3v) is 13.2. The first-order valence-electron chi connectivity index (χ1n) is 20.1. The molecule has 6 aliphatic rings. The van der Waals surface area contributed by atoms with Gasteiger partial charge in [-0.2, -0.15) is 0 Å². The fraction of sp³-hybridized carbons (Fsp3) is 0.444. The molecule has 1 unspecified atom stereocenters. The first-order valence-corrected chi connectivity index (χ1v) is 20.1. The lowest BCUT2D eigenvalue weighted by Crippen LogP contribution is -2.53. The third-order valence-electron chi connectivity index (χ3n) is 13.2. The van der Waals surface area contributed by atoms with Crippen molar-refractivity contribution in [2.24, 2.45) is 5.92 Å². The average Bonchev–Trinajstić information content (AvgIpc) is 3.53. The van der Waals surface area contributed by atoms with Crippen molar-refractivity contribution in [1.82, 2.24) is 20.0 Å². The van der Waals surface area contributed by atoms with E-state index < -0.39 is 6.04 Å². The third kappa shape index (κ3) is 6.88. The summed E-state index contributed by atoms with van der Waals surface area (Å²) in [6, 6.07) is 26.0. The summed E-state index contributed by atoms with van der Waals surface area (Å²) in [4.78, 5) is 46.7. The molecule has 4 heterocycles. The topological polar surface area (TPSA) is 96.4 Å². The Balaban J connectivity index is 0.761. The standard InChI is InChI=1S/C45H51N5O4/c51-37-12-15-39-33(27-37)8-13-38(31-4-2-1-3-5-31)43(39)32-6-9-35(10-7-32)48-20-18-30(19-21-48)28-47-22-24-49(25-23-47)36-11-14-40-34(26-36)29-50(45(40)54)41-16-17-42(52)46-44(41)53/h1-7,9-12,14-15,27,30,36,38,41,43,51H,8,13,16-26,28-29H2,(H,46,52,53)/t36?,38-,41+,43+/m1/s1. The van der Waals surface area contributed by atoms with E-state index in [0.29, 0.717) is 30.6 Å². The van der Waals surface area contributed by atoms with Crippen LogP contribution < -0.4 is 10.2 Å². The van der Waals surface area contributed by atoms with E-state index in [1.54, 1.807) is 4.90 Å². The van der Waals surface area contributed by atoms with E-state index in [0.717, 1.165) is 76.2 Å². The molecule has 3 amide bonds. The fourth-order valence-electron chi connectivity index (χ4n) is 10.2. The summed E-state index contributed by atoms with van der Waals surface area (Å²) in [5, 5.41) is 12.6. The van der Waals surface area contributed by atoms with Gasteiger partial charge >= 0.3 is 0 Å². The molecule has 3 fully saturated rings. The Labute approximate surface area is 318 Å². The quantitative estimate of drug-likeness (QED) is 0.317. The average molecular weight is 726 g/mol. The van der Waals surface area contributed by atoms with Gasteiger partial charge in [-0.25, -0.2) is 0 Å². The van der Waals surface area contributed by atoms with Crippen molar-refractivity contribution < 1.29 is 19.5 Å². The predicted molar refractivity (Wildman–Crippen MR) is 209 cm³/mol. The first-order chi connectivity index (χ1) is 26.4. The number of phenols is 1. The van der Waals surface area contributed by atoms with Crippen LogP contribution in [0.15, 0.2) is 96.1 Å². The van der Waals surface area contributed by atoms with Gasteiger partial charge in [-0.05, 0) is 102 Å². The van der Waals surface area contributed by atoms with Gasteiger partial charge in [0.15, 0.2) is 0 Å². The van der Waals surface area contributed by atoms with E-state index in [9.17, 15) is 19.5 Å². The lowest BCUT2D eigenvalue weighted by atomic mass is 9.69. The normalized spacial score (nSPS) is 26.9. The zero-order chi connectivity index (χ0) is 36.8. The van der Waals surface area contributed by atoms with Gasteiger partial charge in [0.1, 0.15) is 11.8 Å². The first kappa shape index (κ1) is 35.0. The van der Waals surface area contributed by atoms with Crippen LogP contribution in [0.2, 0.25) is 0 Å². The number of nitrogens with zero attached hydrogens (tertiary/aromatic N) is 4. The number of anilines is 1. The zero-order valence-electron chi connectivity index (χ0n) is 31.0. The summed E-state index contributed by atoms with van der Waals surface area (Å²) in [6.07, 6.45) is 10.1. The van der Waals surface area contributed by atoms with Crippen molar-refractivity contribution in [3.05, 3.63) is 118 Å². The van der Waals surface area contributed by atoms with Crippen LogP contribution in [0.3, 0.4) is 0 Å². The second-order valence-electron chi connectivity index (χ2n) is 16.3. The molecular formula is C45H51N5O4. The Hall–Kier alpha value is -4.73. The number of carbonyl (C=O) groups excluding carboxylic acids is 3. The van der Waals surface area contributed by atoms with Gasteiger partial charge in [0.2, 0.25) is 11.8 Å². The van der Waals surface area contributed by atoms with Gasteiger partial charge in [0.25, 0.3) is 5.91 Å². The molecular weight excluding hydrogens is 675 g/mol. The highest BCUT2D eigenvalue weighted by atomic mass is 16.3. The van der Waals surface area contributed by atoms with Gasteiger partial charge in [-0.1, -0.05) is 60.7 Å². The van der Waals surface area contributed by atoms with E-state index in [2.05, 4.69) is 86.8 Å². The largest absolute Gasteiger partial charge is 0.508 e. The number of fused-ring (bicyclic) bond motifs is 1. The highest BCUT2D eigenvalue weighted by Crippen LogP contribution is 2.47. The summed E-state index contributed by atoms with van der Waals surface area (Å²) in [5.74, 6) is 1.06. The minimum absolute atomic E-state index is 0.0767.